The summed E-state index contributed by atoms with van der Waals surface area (Å²) in [6.45, 7) is 2.65. The highest BCUT2D eigenvalue weighted by Crippen LogP contribution is 2.23. The molecule has 0 radical (unpaired) electrons. The molecule has 0 fully saturated rings. The predicted molar refractivity (Wildman–Crippen MR) is 71.3 cm³/mol. The summed E-state index contributed by atoms with van der Waals surface area (Å²) in [4.78, 5) is 12.0. The topological polar surface area (TPSA) is 61.5 Å². The van der Waals surface area contributed by atoms with Crippen molar-refractivity contribution < 1.29 is 14.3 Å². The molecule has 1 atom stereocenters. The fourth-order valence-electron chi connectivity index (χ4n) is 1.61. The SMILES string of the molecule is COc1cc(OC)cc(C(=O)CCC(C)CN)c1. The highest BCUT2D eigenvalue weighted by Gasteiger charge is 2.11. The molecule has 0 aliphatic heterocycles. The molecule has 0 spiro atoms. The fraction of sp³-hybridized carbons (Fsp3) is 0.500. The number of Topliss-reactive ketones (excluding diaryl/α,β-unsaturated/α-hetero) is 1. The van der Waals surface area contributed by atoms with Gasteiger partial charge in [0.2, 0.25) is 0 Å². The van der Waals surface area contributed by atoms with E-state index in [-0.39, 0.29) is 5.78 Å². The molecule has 1 rings (SSSR count). The summed E-state index contributed by atoms with van der Waals surface area (Å²) in [6, 6.07) is 5.22. The first-order valence-corrected chi connectivity index (χ1v) is 6.07. The van der Waals surface area contributed by atoms with Gasteiger partial charge < -0.3 is 15.2 Å². The third kappa shape index (κ3) is 4.04. The summed E-state index contributed by atoms with van der Waals surface area (Å²) in [5.41, 5.74) is 6.16. The number of rotatable bonds is 7. The van der Waals surface area contributed by atoms with Crippen LogP contribution in [0.3, 0.4) is 0 Å². The molecule has 18 heavy (non-hydrogen) atoms. The molecule has 1 aromatic rings. The van der Waals surface area contributed by atoms with Gasteiger partial charge in [-0.05, 0) is 31.0 Å². The van der Waals surface area contributed by atoms with Gasteiger partial charge in [0.1, 0.15) is 11.5 Å². The maximum atomic E-state index is 12.0. The van der Waals surface area contributed by atoms with Gasteiger partial charge in [0, 0.05) is 18.1 Å². The molecule has 2 N–H and O–H groups in total. The number of methoxy groups -OCH3 is 2. The number of hydrogen-bond donors (Lipinski definition) is 1. The normalized spacial score (nSPS) is 12.0. The van der Waals surface area contributed by atoms with Crippen molar-refractivity contribution in [3.8, 4) is 11.5 Å². The van der Waals surface area contributed by atoms with Crippen LogP contribution < -0.4 is 15.2 Å². The first kappa shape index (κ1) is 14.5. The van der Waals surface area contributed by atoms with E-state index < -0.39 is 0 Å². The van der Waals surface area contributed by atoms with Gasteiger partial charge in [0.15, 0.2) is 5.78 Å². The Bertz CT molecular complexity index is 382. The van der Waals surface area contributed by atoms with Crippen LogP contribution in [0.1, 0.15) is 30.1 Å². The Labute approximate surface area is 108 Å². The molecule has 1 unspecified atom stereocenters. The van der Waals surface area contributed by atoms with E-state index in [1.54, 1.807) is 32.4 Å². The van der Waals surface area contributed by atoms with Crippen LogP contribution in [0.15, 0.2) is 18.2 Å². The number of carbonyl (C=O) groups excluding carboxylic acids is 1. The van der Waals surface area contributed by atoms with Crippen LogP contribution in [-0.2, 0) is 0 Å². The molecule has 0 aliphatic rings. The number of ether oxygens (including phenoxy) is 2. The number of benzene rings is 1. The molecule has 1 aromatic carbocycles. The Balaban J connectivity index is 2.78. The number of carbonyl (C=O) groups is 1. The minimum Gasteiger partial charge on any atom is -0.497 e. The lowest BCUT2D eigenvalue weighted by Gasteiger charge is -2.09. The smallest absolute Gasteiger partial charge is 0.163 e. The highest BCUT2D eigenvalue weighted by molar-refractivity contribution is 5.96. The van der Waals surface area contributed by atoms with E-state index in [2.05, 4.69) is 0 Å². The van der Waals surface area contributed by atoms with Crippen molar-refractivity contribution in [3.63, 3.8) is 0 Å². The molecule has 0 saturated carbocycles. The van der Waals surface area contributed by atoms with Gasteiger partial charge in [-0.25, -0.2) is 0 Å². The maximum absolute atomic E-state index is 12.0. The lowest BCUT2D eigenvalue weighted by atomic mass is 10.00. The third-order valence-electron chi connectivity index (χ3n) is 2.94. The lowest BCUT2D eigenvalue weighted by molar-refractivity contribution is 0.0974. The second-order valence-corrected chi connectivity index (χ2v) is 4.40. The standard InChI is InChI=1S/C14H21NO3/c1-10(9-15)4-5-14(16)11-6-12(17-2)8-13(7-11)18-3/h6-8,10H,4-5,9,15H2,1-3H3. The Morgan fingerprint density at radius 1 is 1.22 bits per heavy atom. The minimum atomic E-state index is 0.0903. The maximum Gasteiger partial charge on any atom is 0.163 e. The van der Waals surface area contributed by atoms with Gasteiger partial charge in [0.25, 0.3) is 0 Å². The monoisotopic (exact) mass is 251 g/mol. The van der Waals surface area contributed by atoms with Crippen LogP contribution in [0.25, 0.3) is 0 Å². The van der Waals surface area contributed by atoms with E-state index in [1.807, 2.05) is 6.92 Å². The van der Waals surface area contributed by atoms with Crippen LogP contribution in [0.4, 0.5) is 0 Å². The molecule has 0 amide bonds. The van der Waals surface area contributed by atoms with E-state index in [4.69, 9.17) is 15.2 Å². The molecule has 0 aliphatic carbocycles. The number of nitrogens with two attached hydrogens (primary N) is 1. The summed E-state index contributed by atoms with van der Waals surface area (Å²) < 4.78 is 10.3. The molecule has 0 bridgehead atoms. The zero-order chi connectivity index (χ0) is 13.5. The van der Waals surface area contributed by atoms with E-state index in [9.17, 15) is 4.79 Å². The molecular weight excluding hydrogens is 230 g/mol. The highest BCUT2D eigenvalue weighted by atomic mass is 16.5. The lowest BCUT2D eigenvalue weighted by Crippen LogP contribution is -2.12. The van der Waals surface area contributed by atoms with E-state index in [0.29, 0.717) is 35.9 Å². The first-order chi connectivity index (χ1) is 8.60. The van der Waals surface area contributed by atoms with Gasteiger partial charge in [-0.1, -0.05) is 6.92 Å². The second kappa shape index (κ2) is 7.01. The van der Waals surface area contributed by atoms with Gasteiger partial charge in [0.05, 0.1) is 14.2 Å². The second-order valence-electron chi connectivity index (χ2n) is 4.40. The van der Waals surface area contributed by atoms with Crippen LogP contribution in [0.5, 0.6) is 11.5 Å². The van der Waals surface area contributed by atoms with E-state index >= 15 is 0 Å². The van der Waals surface area contributed by atoms with Crippen LogP contribution in [-0.4, -0.2) is 26.5 Å². The minimum absolute atomic E-state index is 0.0903. The van der Waals surface area contributed by atoms with E-state index in [1.165, 1.54) is 0 Å². The molecule has 0 heterocycles. The van der Waals surface area contributed by atoms with Crippen LogP contribution >= 0.6 is 0 Å². The fourth-order valence-corrected chi connectivity index (χ4v) is 1.61. The summed E-state index contributed by atoms with van der Waals surface area (Å²) >= 11 is 0. The van der Waals surface area contributed by atoms with E-state index in [0.717, 1.165) is 6.42 Å². The van der Waals surface area contributed by atoms with Crippen molar-refractivity contribution in [2.75, 3.05) is 20.8 Å². The number of ketones is 1. The quantitative estimate of drug-likeness (QED) is 0.755. The Morgan fingerprint density at radius 3 is 2.22 bits per heavy atom. The first-order valence-electron chi connectivity index (χ1n) is 6.07. The largest absolute Gasteiger partial charge is 0.497 e. The van der Waals surface area contributed by atoms with Crippen molar-refractivity contribution >= 4 is 5.78 Å². The zero-order valence-electron chi connectivity index (χ0n) is 11.2. The average Bonchev–Trinajstić information content (AvgIpc) is 2.43. The van der Waals surface area contributed by atoms with Crippen molar-refractivity contribution in [2.24, 2.45) is 11.7 Å². The molecule has 4 heteroatoms. The summed E-state index contributed by atoms with van der Waals surface area (Å²) in [5, 5.41) is 0. The number of hydrogen-bond acceptors (Lipinski definition) is 4. The Kier molecular flexibility index (Phi) is 5.65. The van der Waals surface area contributed by atoms with Crippen molar-refractivity contribution in [2.45, 2.75) is 19.8 Å². The van der Waals surface area contributed by atoms with Crippen molar-refractivity contribution in [1.29, 1.82) is 0 Å². The average molecular weight is 251 g/mol. The van der Waals surface area contributed by atoms with Crippen LogP contribution in [0.2, 0.25) is 0 Å². The summed E-state index contributed by atoms with van der Waals surface area (Å²) in [7, 11) is 3.14. The van der Waals surface area contributed by atoms with Crippen molar-refractivity contribution in [1.82, 2.24) is 0 Å². The molecular formula is C14H21NO3. The Hall–Kier alpha value is -1.55. The predicted octanol–water partition coefficient (Wildman–Crippen LogP) is 2.26. The van der Waals surface area contributed by atoms with Gasteiger partial charge >= 0.3 is 0 Å². The molecule has 0 aromatic heterocycles. The molecule has 100 valence electrons. The summed E-state index contributed by atoms with van der Waals surface area (Å²) in [6.07, 6.45) is 1.30. The Morgan fingerprint density at radius 2 is 1.78 bits per heavy atom. The molecule has 0 saturated heterocycles. The van der Waals surface area contributed by atoms with Gasteiger partial charge in [-0.3, -0.25) is 4.79 Å². The van der Waals surface area contributed by atoms with Gasteiger partial charge in [-0.15, -0.1) is 0 Å². The van der Waals surface area contributed by atoms with Crippen LogP contribution in [0, 0.1) is 5.92 Å². The van der Waals surface area contributed by atoms with Gasteiger partial charge in [-0.2, -0.15) is 0 Å². The van der Waals surface area contributed by atoms with Crippen molar-refractivity contribution in [3.05, 3.63) is 23.8 Å². The molecule has 4 nitrogen and oxygen atoms in total. The zero-order valence-corrected chi connectivity index (χ0v) is 11.2. The third-order valence-corrected chi connectivity index (χ3v) is 2.94. The summed E-state index contributed by atoms with van der Waals surface area (Å²) in [5.74, 6) is 1.71.